The van der Waals surface area contributed by atoms with Gasteiger partial charge in [0, 0.05) is 69.5 Å². The number of rotatable bonds is 5. The van der Waals surface area contributed by atoms with Crippen LogP contribution in [0.4, 0.5) is 10.1 Å². The quantitative estimate of drug-likeness (QED) is 0.631. The molecule has 2 fully saturated rings. The normalized spacial score (nSPS) is 17.4. The first-order chi connectivity index (χ1) is 16.6. The Morgan fingerprint density at radius 2 is 1.44 bits per heavy atom. The van der Waals surface area contributed by atoms with Crippen molar-refractivity contribution in [3.8, 4) is 0 Å². The first-order valence-electron chi connectivity index (χ1n) is 11.9. The van der Waals surface area contributed by atoms with Gasteiger partial charge in [-0.2, -0.15) is 0 Å². The standard InChI is InChI=1S/C26H30FN5O2/c27-22-6-2-4-8-24(22)30-13-15-32(16-14-30)26(34)19-29-9-11-31(12-10-29)25(33)17-20-18-28-23-7-3-1-5-21(20)23/h1-8,18,28H,9-17,19H2. The number of hydrogen-bond donors (Lipinski definition) is 1. The van der Waals surface area contributed by atoms with Crippen LogP contribution in [0.25, 0.3) is 10.9 Å². The fraction of sp³-hybridized carbons (Fsp3) is 0.385. The first kappa shape index (κ1) is 22.4. The molecular weight excluding hydrogens is 433 g/mol. The molecule has 2 saturated heterocycles. The summed E-state index contributed by atoms with van der Waals surface area (Å²) < 4.78 is 14.0. The predicted molar refractivity (Wildman–Crippen MR) is 130 cm³/mol. The third kappa shape index (κ3) is 4.77. The van der Waals surface area contributed by atoms with Crippen molar-refractivity contribution >= 4 is 28.4 Å². The van der Waals surface area contributed by atoms with Crippen molar-refractivity contribution in [3.05, 3.63) is 66.1 Å². The molecule has 0 bridgehead atoms. The van der Waals surface area contributed by atoms with Crippen LogP contribution in [0.2, 0.25) is 0 Å². The molecule has 8 heteroatoms. The number of carbonyl (C=O) groups excluding carboxylic acids is 2. The van der Waals surface area contributed by atoms with Gasteiger partial charge in [-0.15, -0.1) is 0 Å². The van der Waals surface area contributed by atoms with E-state index < -0.39 is 0 Å². The zero-order valence-electron chi connectivity index (χ0n) is 19.3. The number of benzene rings is 2. The van der Waals surface area contributed by atoms with Crippen LogP contribution in [-0.4, -0.2) is 90.4 Å². The van der Waals surface area contributed by atoms with Crippen LogP contribution in [0.1, 0.15) is 5.56 Å². The van der Waals surface area contributed by atoms with Gasteiger partial charge in [-0.1, -0.05) is 30.3 Å². The van der Waals surface area contributed by atoms with Crippen LogP contribution in [0.3, 0.4) is 0 Å². The second-order valence-corrected chi connectivity index (χ2v) is 9.01. The molecule has 1 aromatic heterocycles. The van der Waals surface area contributed by atoms with Crippen molar-refractivity contribution in [2.24, 2.45) is 0 Å². The van der Waals surface area contributed by atoms with Gasteiger partial charge in [0.05, 0.1) is 18.7 Å². The van der Waals surface area contributed by atoms with Crippen molar-refractivity contribution in [1.82, 2.24) is 19.7 Å². The van der Waals surface area contributed by atoms with Gasteiger partial charge >= 0.3 is 0 Å². The number of aromatic nitrogens is 1. The summed E-state index contributed by atoms with van der Waals surface area (Å²) in [6.45, 7) is 5.47. The van der Waals surface area contributed by atoms with E-state index >= 15 is 0 Å². The summed E-state index contributed by atoms with van der Waals surface area (Å²) >= 11 is 0. The van der Waals surface area contributed by atoms with Gasteiger partial charge in [-0.25, -0.2) is 4.39 Å². The minimum atomic E-state index is -0.223. The lowest BCUT2D eigenvalue weighted by molar-refractivity contribution is -0.135. The van der Waals surface area contributed by atoms with Crippen LogP contribution < -0.4 is 4.90 Å². The van der Waals surface area contributed by atoms with Crippen molar-refractivity contribution in [3.63, 3.8) is 0 Å². The molecule has 2 aromatic carbocycles. The lowest BCUT2D eigenvalue weighted by atomic mass is 10.1. The summed E-state index contributed by atoms with van der Waals surface area (Å²) in [7, 11) is 0. The van der Waals surface area contributed by atoms with Gasteiger partial charge in [0.2, 0.25) is 11.8 Å². The molecule has 3 aromatic rings. The fourth-order valence-electron chi connectivity index (χ4n) is 4.90. The number of anilines is 1. The van der Waals surface area contributed by atoms with Gasteiger partial charge < -0.3 is 19.7 Å². The molecule has 0 radical (unpaired) electrons. The summed E-state index contributed by atoms with van der Waals surface area (Å²) in [6, 6.07) is 14.8. The Morgan fingerprint density at radius 3 is 2.21 bits per heavy atom. The lowest BCUT2D eigenvalue weighted by Gasteiger charge is -2.38. The Balaban J connectivity index is 1.07. The highest BCUT2D eigenvalue weighted by atomic mass is 19.1. The molecule has 7 nitrogen and oxygen atoms in total. The maximum absolute atomic E-state index is 14.0. The average Bonchev–Trinajstić information content (AvgIpc) is 3.27. The van der Waals surface area contributed by atoms with Crippen LogP contribution in [-0.2, 0) is 16.0 Å². The molecule has 178 valence electrons. The van der Waals surface area contributed by atoms with Crippen molar-refractivity contribution in [2.75, 3.05) is 63.8 Å². The number of nitrogens with one attached hydrogen (secondary N) is 1. The lowest BCUT2D eigenvalue weighted by Crippen LogP contribution is -2.54. The first-order valence-corrected chi connectivity index (χ1v) is 11.9. The molecule has 1 N–H and O–H groups in total. The van der Waals surface area contributed by atoms with Crippen molar-refractivity contribution < 1.29 is 14.0 Å². The van der Waals surface area contributed by atoms with E-state index in [9.17, 15) is 14.0 Å². The molecular formula is C26H30FN5O2. The minimum Gasteiger partial charge on any atom is -0.366 e. The molecule has 0 atom stereocenters. The van der Waals surface area contributed by atoms with E-state index in [0.29, 0.717) is 71.0 Å². The summed E-state index contributed by atoms with van der Waals surface area (Å²) in [5.74, 6) is 0.00568. The van der Waals surface area contributed by atoms with Crippen LogP contribution >= 0.6 is 0 Å². The van der Waals surface area contributed by atoms with E-state index in [2.05, 4.69) is 9.88 Å². The number of aromatic amines is 1. The van der Waals surface area contributed by atoms with Crippen molar-refractivity contribution in [1.29, 1.82) is 0 Å². The number of para-hydroxylation sites is 2. The minimum absolute atomic E-state index is 0.103. The number of fused-ring (bicyclic) bond motifs is 1. The average molecular weight is 464 g/mol. The van der Waals surface area contributed by atoms with Gasteiger partial charge in [0.1, 0.15) is 5.82 Å². The summed E-state index contributed by atoms with van der Waals surface area (Å²) in [5.41, 5.74) is 2.67. The Labute approximate surface area is 198 Å². The molecule has 2 aliphatic heterocycles. The smallest absolute Gasteiger partial charge is 0.236 e. The highest BCUT2D eigenvalue weighted by Gasteiger charge is 2.27. The molecule has 0 aliphatic carbocycles. The molecule has 5 rings (SSSR count). The predicted octanol–water partition coefficient (Wildman–Crippen LogP) is 2.34. The Hall–Kier alpha value is -3.39. The van der Waals surface area contributed by atoms with E-state index in [-0.39, 0.29) is 17.6 Å². The van der Waals surface area contributed by atoms with Gasteiger partial charge in [-0.05, 0) is 23.8 Å². The zero-order chi connectivity index (χ0) is 23.5. The molecule has 0 unspecified atom stereocenters. The molecule has 0 spiro atoms. The van der Waals surface area contributed by atoms with Gasteiger partial charge in [0.15, 0.2) is 0 Å². The zero-order valence-corrected chi connectivity index (χ0v) is 19.3. The summed E-state index contributed by atoms with van der Waals surface area (Å²) in [5, 5.41) is 1.09. The highest BCUT2D eigenvalue weighted by Crippen LogP contribution is 2.21. The Kier molecular flexibility index (Phi) is 6.49. The third-order valence-corrected chi connectivity index (χ3v) is 6.93. The molecule has 3 heterocycles. The molecule has 0 saturated carbocycles. The second-order valence-electron chi connectivity index (χ2n) is 9.01. The maximum atomic E-state index is 14.0. The van der Waals surface area contributed by atoms with E-state index in [0.717, 1.165) is 16.5 Å². The van der Waals surface area contributed by atoms with Crippen LogP contribution in [0, 0.1) is 5.82 Å². The van der Waals surface area contributed by atoms with E-state index in [1.165, 1.54) is 6.07 Å². The van der Waals surface area contributed by atoms with E-state index in [1.807, 2.05) is 51.2 Å². The molecule has 34 heavy (non-hydrogen) atoms. The topological polar surface area (TPSA) is 62.9 Å². The Morgan fingerprint density at radius 1 is 0.794 bits per heavy atom. The second kappa shape index (κ2) is 9.85. The largest absolute Gasteiger partial charge is 0.366 e. The number of nitrogens with zero attached hydrogens (tertiary/aromatic N) is 4. The molecule has 2 aliphatic rings. The number of carbonyl (C=O) groups is 2. The molecule has 2 amide bonds. The number of hydrogen-bond acceptors (Lipinski definition) is 4. The summed E-state index contributed by atoms with van der Waals surface area (Å²) in [6.07, 6.45) is 2.30. The Bertz CT molecular complexity index is 1160. The van der Waals surface area contributed by atoms with Gasteiger partial charge in [-0.3, -0.25) is 14.5 Å². The van der Waals surface area contributed by atoms with Gasteiger partial charge in [0.25, 0.3) is 0 Å². The van der Waals surface area contributed by atoms with E-state index in [4.69, 9.17) is 0 Å². The van der Waals surface area contributed by atoms with Crippen LogP contribution in [0.15, 0.2) is 54.7 Å². The number of H-pyrrole nitrogens is 1. The number of piperazine rings is 2. The van der Waals surface area contributed by atoms with Crippen LogP contribution in [0.5, 0.6) is 0 Å². The number of amides is 2. The maximum Gasteiger partial charge on any atom is 0.236 e. The number of halogens is 1. The summed E-state index contributed by atoms with van der Waals surface area (Å²) in [4.78, 5) is 36.8. The van der Waals surface area contributed by atoms with E-state index in [1.54, 1.807) is 12.1 Å². The highest BCUT2D eigenvalue weighted by molar-refractivity contribution is 5.89. The van der Waals surface area contributed by atoms with Crippen molar-refractivity contribution in [2.45, 2.75) is 6.42 Å². The third-order valence-electron chi connectivity index (χ3n) is 6.93. The SMILES string of the molecule is O=C(Cc1c[nH]c2ccccc12)N1CCN(CC(=O)N2CCN(c3ccccc3F)CC2)CC1. The monoisotopic (exact) mass is 463 g/mol. The fourth-order valence-corrected chi connectivity index (χ4v) is 4.90.